The summed E-state index contributed by atoms with van der Waals surface area (Å²) in [5, 5.41) is 3.45. The van der Waals surface area contributed by atoms with E-state index in [1.54, 1.807) is 0 Å². The van der Waals surface area contributed by atoms with Crippen molar-refractivity contribution in [2.75, 3.05) is 13.1 Å². The van der Waals surface area contributed by atoms with E-state index in [2.05, 4.69) is 45.8 Å². The van der Waals surface area contributed by atoms with Crippen LogP contribution in [0.1, 0.15) is 35.2 Å². The van der Waals surface area contributed by atoms with Crippen LogP contribution in [0.3, 0.4) is 0 Å². The third-order valence-corrected chi connectivity index (χ3v) is 5.74. The summed E-state index contributed by atoms with van der Waals surface area (Å²) in [5.74, 6) is 0.226. The fourth-order valence-electron chi connectivity index (χ4n) is 3.27. The number of nitrogens with one attached hydrogen (secondary N) is 1. The number of rotatable bonds is 1. The predicted molar refractivity (Wildman–Crippen MR) is 84.4 cm³/mol. The summed E-state index contributed by atoms with van der Waals surface area (Å²) in [6.07, 6.45) is 3.40. The molecule has 2 aliphatic rings. The Hall–Kier alpha value is -0.620. The van der Waals surface area contributed by atoms with Crippen LogP contribution in [0.4, 0.5) is 0 Å². The maximum atomic E-state index is 12.9. The zero-order valence-electron chi connectivity index (χ0n) is 11.2. The lowest BCUT2D eigenvalue weighted by Crippen LogP contribution is -2.42. The van der Waals surface area contributed by atoms with Crippen molar-refractivity contribution >= 4 is 28.5 Å². The second-order valence-electron chi connectivity index (χ2n) is 5.53. The summed E-state index contributed by atoms with van der Waals surface area (Å²) in [6, 6.07) is 6.84. The van der Waals surface area contributed by atoms with E-state index in [9.17, 15) is 4.79 Å². The highest BCUT2D eigenvalue weighted by Crippen LogP contribution is 2.30. The molecule has 2 heterocycles. The van der Waals surface area contributed by atoms with Crippen LogP contribution in [-0.2, 0) is 0 Å². The van der Waals surface area contributed by atoms with Crippen LogP contribution in [0.2, 0.25) is 0 Å². The number of aryl methyl sites for hydroxylation is 1. The number of halogens is 1. The summed E-state index contributed by atoms with van der Waals surface area (Å²) in [7, 11) is 0. The van der Waals surface area contributed by atoms with E-state index in [1.165, 1.54) is 12.0 Å². The van der Waals surface area contributed by atoms with Gasteiger partial charge in [-0.25, -0.2) is 0 Å². The number of hydrogen-bond acceptors (Lipinski definition) is 2. The van der Waals surface area contributed by atoms with Gasteiger partial charge in [0.1, 0.15) is 0 Å². The van der Waals surface area contributed by atoms with Gasteiger partial charge in [-0.15, -0.1) is 0 Å². The number of carbonyl (C=O) groups is 1. The van der Waals surface area contributed by atoms with Gasteiger partial charge in [0.25, 0.3) is 5.91 Å². The molecule has 102 valence electrons. The molecule has 1 amide bonds. The first kappa shape index (κ1) is 13.4. The van der Waals surface area contributed by atoms with Gasteiger partial charge in [0.2, 0.25) is 0 Å². The summed E-state index contributed by atoms with van der Waals surface area (Å²) in [5.41, 5.74) is 2.06. The van der Waals surface area contributed by atoms with Gasteiger partial charge < -0.3 is 10.2 Å². The Balaban J connectivity index is 1.93. The van der Waals surface area contributed by atoms with Gasteiger partial charge in [0.15, 0.2) is 0 Å². The Morgan fingerprint density at radius 2 is 2.11 bits per heavy atom. The molecule has 0 spiro atoms. The highest BCUT2D eigenvalue weighted by atomic mass is 127. The molecule has 1 aromatic rings. The van der Waals surface area contributed by atoms with Crippen LogP contribution in [-0.4, -0.2) is 36.0 Å². The maximum Gasteiger partial charge on any atom is 0.255 e. The molecule has 2 saturated heterocycles. The minimum Gasteiger partial charge on any atom is -0.331 e. The van der Waals surface area contributed by atoms with Crippen LogP contribution < -0.4 is 5.32 Å². The van der Waals surface area contributed by atoms with Crippen LogP contribution in [0.15, 0.2) is 18.2 Å². The molecule has 0 aromatic heterocycles. The van der Waals surface area contributed by atoms with Crippen LogP contribution in [0, 0.1) is 10.5 Å². The molecule has 1 aromatic carbocycles. The largest absolute Gasteiger partial charge is 0.331 e. The second-order valence-corrected chi connectivity index (χ2v) is 6.61. The summed E-state index contributed by atoms with van der Waals surface area (Å²) < 4.78 is 1.10. The van der Waals surface area contributed by atoms with Gasteiger partial charge in [-0.1, -0.05) is 12.1 Å². The van der Waals surface area contributed by atoms with Gasteiger partial charge in [0, 0.05) is 22.2 Å². The molecule has 2 atom stereocenters. The van der Waals surface area contributed by atoms with Crippen molar-refractivity contribution in [2.45, 2.75) is 38.3 Å². The standard InChI is InChI=1S/C15H19IN2O/c1-10-3-2-4-13(14(10)16)15(19)18-11-5-6-12(18)9-17-8-7-11/h2-4,11-12,17H,5-9H2,1H3. The Labute approximate surface area is 127 Å². The van der Waals surface area contributed by atoms with Gasteiger partial charge in [-0.05, 0) is 67.0 Å². The van der Waals surface area contributed by atoms with Crippen molar-refractivity contribution in [3.8, 4) is 0 Å². The smallest absolute Gasteiger partial charge is 0.255 e. The van der Waals surface area contributed by atoms with E-state index in [4.69, 9.17) is 0 Å². The van der Waals surface area contributed by atoms with E-state index in [1.807, 2.05) is 12.1 Å². The lowest BCUT2D eigenvalue weighted by Gasteiger charge is -2.28. The van der Waals surface area contributed by atoms with E-state index in [-0.39, 0.29) is 5.91 Å². The first-order valence-corrected chi connectivity index (χ1v) is 8.05. The molecule has 4 heteroatoms. The van der Waals surface area contributed by atoms with Crippen molar-refractivity contribution in [1.29, 1.82) is 0 Å². The van der Waals surface area contributed by atoms with E-state index < -0.39 is 0 Å². The predicted octanol–water partition coefficient (Wildman–Crippen LogP) is 2.57. The highest BCUT2D eigenvalue weighted by Gasteiger charge is 2.38. The number of nitrogens with zero attached hydrogens (tertiary/aromatic N) is 1. The van der Waals surface area contributed by atoms with Crippen LogP contribution in [0.5, 0.6) is 0 Å². The molecule has 1 N–H and O–H groups in total. The third-order valence-electron chi connectivity index (χ3n) is 4.31. The molecular formula is C15H19IN2O. The monoisotopic (exact) mass is 370 g/mol. The molecule has 3 nitrogen and oxygen atoms in total. The van der Waals surface area contributed by atoms with Crippen molar-refractivity contribution in [1.82, 2.24) is 10.2 Å². The van der Waals surface area contributed by atoms with Crippen molar-refractivity contribution < 1.29 is 4.79 Å². The highest BCUT2D eigenvalue weighted by molar-refractivity contribution is 14.1. The van der Waals surface area contributed by atoms with E-state index >= 15 is 0 Å². The van der Waals surface area contributed by atoms with Crippen LogP contribution >= 0.6 is 22.6 Å². The Kier molecular flexibility index (Phi) is 3.80. The van der Waals surface area contributed by atoms with Crippen molar-refractivity contribution in [2.24, 2.45) is 0 Å². The molecule has 2 unspecified atom stereocenters. The van der Waals surface area contributed by atoms with Gasteiger partial charge in [-0.2, -0.15) is 0 Å². The number of fused-ring (bicyclic) bond motifs is 2. The number of amides is 1. The molecule has 0 radical (unpaired) electrons. The fourth-order valence-corrected chi connectivity index (χ4v) is 3.86. The topological polar surface area (TPSA) is 32.3 Å². The minimum absolute atomic E-state index is 0.226. The Bertz CT molecular complexity index is 489. The zero-order chi connectivity index (χ0) is 13.4. The van der Waals surface area contributed by atoms with Crippen molar-refractivity contribution in [3.63, 3.8) is 0 Å². The average molecular weight is 370 g/mol. The minimum atomic E-state index is 0.226. The van der Waals surface area contributed by atoms with E-state index in [0.29, 0.717) is 12.1 Å². The molecule has 2 bridgehead atoms. The number of carbonyl (C=O) groups excluding carboxylic acids is 1. The molecule has 3 rings (SSSR count). The van der Waals surface area contributed by atoms with Crippen LogP contribution in [0.25, 0.3) is 0 Å². The SMILES string of the molecule is Cc1cccc(C(=O)N2C3CCNCC2CC3)c1I. The normalized spacial score (nSPS) is 26.3. The number of hydrogen-bond donors (Lipinski definition) is 1. The Morgan fingerprint density at radius 1 is 1.32 bits per heavy atom. The average Bonchev–Trinajstić information content (AvgIpc) is 2.65. The number of benzene rings is 1. The Morgan fingerprint density at radius 3 is 2.95 bits per heavy atom. The molecule has 19 heavy (non-hydrogen) atoms. The fraction of sp³-hybridized carbons (Fsp3) is 0.533. The summed E-state index contributed by atoms with van der Waals surface area (Å²) in [6.45, 7) is 4.05. The van der Waals surface area contributed by atoms with E-state index in [0.717, 1.165) is 35.1 Å². The second kappa shape index (κ2) is 5.40. The molecule has 0 aliphatic carbocycles. The molecule has 2 aliphatic heterocycles. The third kappa shape index (κ3) is 2.40. The zero-order valence-corrected chi connectivity index (χ0v) is 13.3. The molecule has 2 fully saturated rings. The maximum absolute atomic E-state index is 12.9. The summed E-state index contributed by atoms with van der Waals surface area (Å²) >= 11 is 2.30. The quantitative estimate of drug-likeness (QED) is 0.771. The first-order valence-electron chi connectivity index (χ1n) is 6.97. The molecule has 0 saturated carbocycles. The van der Waals surface area contributed by atoms with Gasteiger partial charge in [0.05, 0.1) is 5.56 Å². The first-order chi connectivity index (χ1) is 9.18. The summed E-state index contributed by atoms with van der Waals surface area (Å²) in [4.78, 5) is 15.0. The molecular weight excluding hydrogens is 351 g/mol. The van der Waals surface area contributed by atoms with Gasteiger partial charge >= 0.3 is 0 Å². The lowest BCUT2D eigenvalue weighted by molar-refractivity contribution is 0.0679. The van der Waals surface area contributed by atoms with Crippen molar-refractivity contribution in [3.05, 3.63) is 32.9 Å². The lowest BCUT2D eigenvalue weighted by atomic mass is 10.1. The van der Waals surface area contributed by atoms with Gasteiger partial charge in [-0.3, -0.25) is 4.79 Å².